The van der Waals surface area contributed by atoms with Crippen LogP contribution in [0.1, 0.15) is 17.4 Å². The number of benzene rings is 1. The van der Waals surface area contributed by atoms with Crippen molar-refractivity contribution in [2.45, 2.75) is 19.4 Å². The second-order valence-electron chi connectivity index (χ2n) is 5.06. The highest BCUT2D eigenvalue weighted by Gasteiger charge is 2.27. The number of aryl methyl sites for hydroxylation is 1. The van der Waals surface area contributed by atoms with E-state index in [1.165, 1.54) is 9.75 Å². The van der Waals surface area contributed by atoms with Crippen LogP contribution in [0.25, 0.3) is 10.4 Å². The topological polar surface area (TPSA) is 65.0 Å². The molecule has 0 bridgehead atoms. The molecule has 5 heteroatoms. The number of aldehydes is 1. The molecule has 1 unspecified atom stereocenters. The molecule has 2 aromatic rings. The van der Waals surface area contributed by atoms with Crippen LogP contribution in [0.15, 0.2) is 36.4 Å². The number of guanidine groups is 1. The highest BCUT2D eigenvalue weighted by Crippen LogP contribution is 2.30. The van der Waals surface area contributed by atoms with Crippen LogP contribution < -0.4 is 10.6 Å². The molecular formula is C16H19N3OS. The van der Waals surface area contributed by atoms with Crippen LogP contribution in [0.3, 0.4) is 0 Å². The number of thiophene rings is 1. The second kappa shape index (κ2) is 6.10. The molecule has 3 N–H and O–H groups in total. The van der Waals surface area contributed by atoms with Crippen LogP contribution in [0, 0.1) is 12.3 Å². The first-order valence-corrected chi connectivity index (χ1v) is 7.48. The SMILES string of the molecule is CNC(=N)NC(C)(C=O)c1cccc(-c2ccc(C)s2)c1. The van der Waals surface area contributed by atoms with Crippen molar-refractivity contribution in [1.82, 2.24) is 10.6 Å². The van der Waals surface area contributed by atoms with Gasteiger partial charge in [-0.1, -0.05) is 18.2 Å². The zero-order valence-corrected chi connectivity index (χ0v) is 13.2. The van der Waals surface area contributed by atoms with Gasteiger partial charge in [0, 0.05) is 16.8 Å². The van der Waals surface area contributed by atoms with Gasteiger partial charge in [-0.25, -0.2) is 0 Å². The fraction of sp³-hybridized carbons (Fsp3) is 0.250. The maximum Gasteiger partial charge on any atom is 0.189 e. The van der Waals surface area contributed by atoms with Gasteiger partial charge in [-0.3, -0.25) is 5.41 Å². The molecule has 0 radical (unpaired) electrons. The summed E-state index contributed by atoms with van der Waals surface area (Å²) in [7, 11) is 1.64. The van der Waals surface area contributed by atoms with Crippen molar-refractivity contribution in [3.05, 3.63) is 46.8 Å². The Hall–Kier alpha value is -2.14. The van der Waals surface area contributed by atoms with Gasteiger partial charge in [-0.2, -0.15) is 0 Å². The molecule has 2 rings (SSSR count). The number of nitrogens with one attached hydrogen (secondary N) is 3. The third kappa shape index (κ3) is 3.31. The van der Waals surface area contributed by atoms with E-state index in [1.54, 1.807) is 25.3 Å². The molecule has 1 aromatic heterocycles. The van der Waals surface area contributed by atoms with E-state index in [9.17, 15) is 4.79 Å². The zero-order valence-electron chi connectivity index (χ0n) is 12.4. The molecule has 0 aliphatic carbocycles. The quantitative estimate of drug-likeness (QED) is 0.462. The lowest BCUT2D eigenvalue weighted by molar-refractivity contribution is -0.112. The maximum atomic E-state index is 11.5. The third-order valence-electron chi connectivity index (χ3n) is 3.36. The molecule has 0 saturated heterocycles. The Labute approximate surface area is 128 Å². The summed E-state index contributed by atoms with van der Waals surface area (Å²) in [6, 6.07) is 12.0. The highest BCUT2D eigenvalue weighted by atomic mass is 32.1. The second-order valence-corrected chi connectivity index (χ2v) is 6.35. The van der Waals surface area contributed by atoms with Crippen molar-refractivity contribution >= 4 is 23.6 Å². The lowest BCUT2D eigenvalue weighted by Gasteiger charge is -2.26. The number of hydrogen-bond acceptors (Lipinski definition) is 3. The molecule has 0 aliphatic rings. The van der Waals surface area contributed by atoms with Gasteiger partial charge in [0.2, 0.25) is 0 Å². The van der Waals surface area contributed by atoms with Crippen molar-refractivity contribution in [1.29, 1.82) is 5.41 Å². The predicted octanol–water partition coefficient (Wildman–Crippen LogP) is 2.88. The third-order valence-corrected chi connectivity index (χ3v) is 4.41. The van der Waals surface area contributed by atoms with Crippen LogP contribution in [0.5, 0.6) is 0 Å². The molecule has 0 amide bonds. The Kier molecular flexibility index (Phi) is 4.43. The Balaban J connectivity index is 2.39. The fourth-order valence-electron chi connectivity index (χ4n) is 2.08. The van der Waals surface area contributed by atoms with Gasteiger partial charge in [-0.15, -0.1) is 11.3 Å². The number of carbonyl (C=O) groups excluding carboxylic acids is 1. The Morgan fingerprint density at radius 3 is 2.67 bits per heavy atom. The van der Waals surface area contributed by atoms with E-state index in [1.807, 2.05) is 24.3 Å². The molecule has 1 atom stereocenters. The molecule has 1 heterocycles. The molecule has 21 heavy (non-hydrogen) atoms. The van der Waals surface area contributed by atoms with Crippen molar-refractivity contribution in [2.75, 3.05) is 7.05 Å². The predicted molar refractivity (Wildman–Crippen MR) is 87.8 cm³/mol. The summed E-state index contributed by atoms with van der Waals surface area (Å²) in [4.78, 5) is 14.0. The van der Waals surface area contributed by atoms with Crippen LogP contribution in [-0.4, -0.2) is 19.3 Å². The smallest absolute Gasteiger partial charge is 0.189 e. The molecule has 1 aromatic carbocycles. The molecule has 4 nitrogen and oxygen atoms in total. The van der Waals surface area contributed by atoms with E-state index in [2.05, 4.69) is 29.7 Å². The lowest BCUT2D eigenvalue weighted by Crippen LogP contribution is -2.48. The van der Waals surface area contributed by atoms with Crippen LogP contribution in [0.4, 0.5) is 0 Å². The van der Waals surface area contributed by atoms with Crippen LogP contribution in [0.2, 0.25) is 0 Å². The molecule has 0 spiro atoms. The van der Waals surface area contributed by atoms with Gasteiger partial charge in [0.1, 0.15) is 11.8 Å². The van der Waals surface area contributed by atoms with Gasteiger partial charge in [0.05, 0.1) is 0 Å². The molecule has 110 valence electrons. The first-order valence-electron chi connectivity index (χ1n) is 6.66. The van der Waals surface area contributed by atoms with Gasteiger partial charge < -0.3 is 15.4 Å². The monoisotopic (exact) mass is 301 g/mol. The summed E-state index contributed by atoms with van der Waals surface area (Å²) in [6.45, 7) is 3.84. The number of rotatable bonds is 4. The largest absolute Gasteiger partial charge is 0.360 e. The first kappa shape index (κ1) is 15.3. The molecular weight excluding hydrogens is 282 g/mol. The number of hydrogen-bond donors (Lipinski definition) is 3. The normalized spacial score (nSPS) is 13.3. The van der Waals surface area contributed by atoms with Gasteiger partial charge in [0.25, 0.3) is 0 Å². The van der Waals surface area contributed by atoms with Crippen LogP contribution >= 0.6 is 11.3 Å². The first-order chi connectivity index (χ1) is 9.98. The van der Waals surface area contributed by atoms with E-state index >= 15 is 0 Å². The van der Waals surface area contributed by atoms with Crippen LogP contribution in [-0.2, 0) is 10.3 Å². The van der Waals surface area contributed by atoms with E-state index in [0.29, 0.717) is 0 Å². The summed E-state index contributed by atoms with van der Waals surface area (Å²) in [6.07, 6.45) is 0.831. The van der Waals surface area contributed by atoms with E-state index in [0.717, 1.165) is 17.4 Å². The van der Waals surface area contributed by atoms with E-state index in [-0.39, 0.29) is 5.96 Å². The van der Waals surface area contributed by atoms with Gasteiger partial charge in [0.15, 0.2) is 5.96 Å². The summed E-state index contributed by atoms with van der Waals surface area (Å²) in [5.74, 6) is 0.113. The fourth-order valence-corrected chi connectivity index (χ4v) is 2.94. The average Bonchev–Trinajstić information content (AvgIpc) is 2.93. The minimum Gasteiger partial charge on any atom is -0.360 e. The average molecular weight is 301 g/mol. The minimum absolute atomic E-state index is 0.113. The summed E-state index contributed by atoms with van der Waals surface area (Å²) >= 11 is 1.72. The molecule has 0 saturated carbocycles. The summed E-state index contributed by atoms with van der Waals surface area (Å²) in [5, 5.41) is 13.3. The lowest BCUT2D eigenvalue weighted by atomic mass is 9.92. The molecule has 0 aliphatic heterocycles. The van der Waals surface area contributed by atoms with Crippen molar-refractivity contribution in [3.8, 4) is 10.4 Å². The Morgan fingerprint density at radius 2 is 2.10 bits per heavy atom. The van der Waals surface area contributed by atoms with Crippen molar-refractivity contribution in [2.24, 2.45) is 0 Å². The molecule has 0 fully saturated rings. The Bertz CT molecular complexity index is 665. The minimum atomic E-state index is -0.928. The van der Waals surface area contributed by atoms with Gasteiger partial charge >= 0.3 is 0 Å². The van der Waals surface area contributed by atoms with Crippen molar-refractivity contribution in [3.63, 3.8) is 0 Å². The standard InChI is InChI=1S/C16H19N3OS/c1-11-7-8-14(21-11)12-5-4-6-13(9-12)16(2,10-20)19-15(17)18-3/h4-10H,1-3H3,(H3,17,18,19). The van der Waals surface area contributed by atoms with Gasteiger partial charge in [-0.05, 0) is 43.2 Å². The Morgan fingerprint density at radius 1 is 1.33 bits per heavy atom. The van der Waals surface area contributed by atoms with E-state index in [4.69, 9.17) is 5.41 Å². The summed E-state index contributed by atoms with van der Waals surface area (Å²) < 4.78 is 0. The van der Waals surface area contributed by atoms with Crippen molar-refractivity contribution < 1.29 is 4.79 Å². The maximum absolute atomic E-state index is 11.5. The zero-order chi connectivity index (χ0) is 15.5. The number of carbonyl (C=O) groups is 1. The summed E-state index contributed by atoms with van der Waals surface area (Å²) in [5.41, 5.74) is 0.986. The van der Waals surface area contributed by atoms with E-state index < -0.39 is 5.54 Å². The highest BCUT2D eigenvalue weighted by molar-refractivity contribution is 7.15.